The number of ether oxygens (including phenoxy) is 2. The monoisotopic (exact) mass is 460 g/mol. The van der Waals surface area contributed by atoms with E-state index in [9.17, 15) is 24.6 Å². The fourth-order valence-electron chi connectivity index (χ4n) is 6.82. The van der Waals surface area contributed by atoms with Gasteiger partial charge in [-0.25, -0.2) is 0 Å². The highest BCUT2D eigenvalue weighted by Crippen LogP contribution is 2.64. The van der Waals surface area contributed by atoms with Crippen LogP contribution in [0, 0.1) is 22.7 Å². The SMILES string of the molecule is C=C1CCC2C(C)(C)C(O)CCC2(C)C1CC12OC1C(=O)C(COC(=O)CC(C)O)=CC2=O. The molecule has 0 aromatic heterocycles. The molecule has 4 aliphatic rings. The lowest BCUT2D eigenvalue weighted by molar-refractivity contribution is -0.145. The van der Waals surface area contributed by atoms with E-state index in [0.717, 1.165) is 24.8 Å². The molecular weight excluding hydrogens is 424 g/mol. The van der Waals surface area contributed by atoms with E-state index in [-0.39, 0.29) is 58.9 Å². The third kappa shape index (κ3) is 3.92. The van der Waals surface area contributed by atoms with E-state index < -0.39 is 23.8 Å². The maximum atomic E-state index is 13.2. The van der Waals surface area contributed by atoms with Gasteiger partial charge in [-0.3, -0.25) is 14.4 Å². The highest BCUT2D eigenvalue weighted by atomic mass is 16.6. The average Bonchev–Trinajstić information content (AvgIpc) is 3.46. The third-order valence-corrected chi connectivity index (χ3v) is 8.88. The number of ketones is 2. The molecule has 3 fully saturated rings. The highest BCUT2D eigenvalue weighted by molar-refractivity contribution is 6.18. The van der Waals surface area contributed by atoms with Gasteiger partial charge in [-0.15, -0.1) is 0 Å². The van der Waals surface area contributed by atoms with Crippen molar-refractivity contribution in [1.82, 2.24) is 0 Å². The molecule has 0 aromatic rings. The van der Waals surface area contributed by atoms with Crippen LogP contribution in [0.1, 0.15) is 66.2 Å². The Kier molecular flexibility index (Phi) is 5.99. The second-order valence-electron chi connectivity index (χ2n) is 11.4. The lowest BCUT2D eigenvalue weighted by Gasteiger charge is -2.59. The van der Waals surface area contributed by atoms with Crippen LogP contribution >= 0.6 is 0 Å². The van der Waals surface area contributed by atoms with Crippen molar-refractivity contribution in [2.75, 3.05) is 6.61 Å². The number of rotatable bonds is 6. The van der Waals surface area contributed by atoms with E-state index in [1.807, 2.05) is 0 Å². The van der Waals surface area contributed by atoms with E-state index in [1.54, 1.807) is 0 Å². The van der Waals surface area contributed by atoms with Gasteiger partial charge < -0.3 is 19.7 Å². The molecule has 1 saturated heterocycles. The van der Waals surface area contributed by atoms with Gasteiger partial charge in [-0.1, -0.05) is 32.9 Å². The molecule has 7 nitrogen and oxygen atoms in total. The number of aliphatic hydroxyl groups is 2. The minimum Gasteiger partial charge on any atom is -0.461 e. The zero-order chi connectivity index (χ0) is 24.3. The van der Waals surface area contributed by atoms with E-state index in [4.69, 9.17) is 9.47 Å². The molecule has 0 amide bonds. The summed E-state index contributed by atoms with van der Waals surface area (Å²) in [4.78, 5) is 37.8. The predicted molar refractivity (Wildman–Crippen MR) is 120 cm³/mol. The zero-order valence-electron chi connectivity index (χ0n) is 20.1. The Morgan fingerprint density at radius 1 is 1.30 bits per heavy atom. The summed E-state index contributed by atoms with van der Waals surface area (Å²) in [5.74, 6) is -0.904. The van der Waals surface area contributed by atoms with Crippen LogP contribution in [0.3, 0.4) is 0 Å². The quantitative estimate of drug-likeness (QED) is 0.356. The van der Waals surface area contributed by atoms with Crippen molar-refractivity contribution in [2.24, 2.45) is 22.7 Å². The molecule has 3 aliphatic carbocycles. The van der Waals surface area contributed by atoms with Crippen LogP contribution < -0.4 is 0 Å². The molecular formula is C26H36O7. The summed E-state index contributed by atoms with van der Waals surface area (Å²) < 4.78 is 10.9. The first-order valence-corrected chi connectivity index (χ1v) is 12.0. The Balaban J connectivity index is 1.52. The van der Waals surface area contributed by atoms with Gasteiger partial charge in [0, 0.05) is 5.57 Å². The van der Waals surface area contributed by atoms with Gasteiger partial charge in [-0.2, -0.15) is 0 Å². The molecule has 182 valence electrons. The van der Waals surface area contributed by atoms with Gasteiger partial charge in [-0.05, 0) is 67.8 Å². The smallest absolute Gasteiger partial charge is 0.308 e. The minimum absolute atomic E-state index is 0.0172. The molecule has 0 spiro atoms. The maximum absolute atomic E-state index is 13.2. The lowest BCUT2D eigenvalue weighted by atomic mass is 9.46. The van der Waals surface area contributed by atoms with Crippen molar-refractivity contribution in [3.8, 4) is 0 Å². The Labute approximate surface area is 195 Å². The van der Waals surface area contributed by atoms with Crippen LogP contribution in [-0.2, 0) is 23.9 Å². The zero-order valence-corrected chi connectivity index (χ0v) is 20.1. The molecule has 33 heavy (non-hydrogen) atoms. The summed E-state index contributed by atoms with van der Waals surface area (Å²) in [5.41, 5.74) is -0.309. The summed E-state index contributed by atoms with van der Waals surface area (Å²) >= 11 is 0. The second-order valence-corrected chi connectivity index (χ2v) is 11.4. The van der Waals surface area contributed by atoms with E-state index in [1.165, 1.54) is 13.0 Å². The fourth-order valence-corrected chi connectivity index (χ4v) is 6.82. The normalized spacial score (nSPS) is 40.4. The van der Waals surface area contributed by atoms with E-state index in [0.29, 0.717) is 12.8 Å². The van der Waals surface area contributed by atoms with Crippen LogP contribution in [-0.4, -0.2) is 58.3 Å². The number of allylic oxidation sites excluding steroid dienone is 1. The predicted octanol–water partition coefficient (Wildman–Crippen LogP) is 2.68. The number of fused-ring (bicyclic) bond motifs is 2. The molecule has 0 radical (unpaired) electrons. The number of Topliss-reactive ketones (excluding diaryl/α,β-unsaturated/α-hetero) is 1. The van der Waals surface area contributed by atoms with Crippen molar-refractivity contribution in [1.29, 1.82) is 0 Å². The van der Waals surface area contributed by atoms with Gasteiger partial charge in [0.25, 0.3) is 0 Å². The number of aliphatic hydroxyl groups excluding tert-OH is 2. The first-order valence-electron chi connectivity index (χ1n) is 12.0. The molecule has 4 rings (SSSR count). The minimum atomic E-state index is -1.16. The van der Waals surface area contributed by atoms with Crippen molar-refractivity contribution in [2.45, 2.75) is 90.1 Å². The highest BCUT2D eigenvalue weighted by Gasteiger charge is 2.69. The summed E-state index contributed by atoms with van der Waals surface area (Å²) in [7, 11) is 0. The molecule has 2 N–H and O–H groups in total. The van der Waals surface area contributed by atoms with Gasteiger partial charge in [0.2, 0.25) is 0 Å². The first-order chi connectivity index (χ1) is 15.3. The van der Waals surface area contributed by atoms with Crippen molar-refractivity contribution in [3.63, 3.8) is 0 Å². The van der Waals surface area contributed by atoms with E-state index in [2.05, 4.69) is 27.4 Å². The van der Waals surface area contributed by atoms with Gasteiger partial charge in [0.05, 0.1) is 18.6 Å². The Bertz CT molecular complexity index is 916. The number of hydrogen-bond donors (Lipinski definition) is 2. The second kappa shape index (κ2) is 8.14. The molecule has 0 aromatic carbocycles. The van der Waals surface area contributed by atoms with Crippen molar-refractivity contribution < 1.29 is 34.1 Å². The van der Waals surface area contributed by atoms with Gasteiger partial charge in [0.15, 0.2) is 23.3 Å². The summed E-state index contributed by atoms with van der Waals surface area (Å²) in [6.07, 6.45) is 2.80. The van der Waals surface area contributed by atoms with Crippen molar-refractivity contribution in [3.05, 3.63) is 23.8 Å². The molecule has 7 unspecified atom stereocenters. The standard InChI is InChI=1S/C26H36O7/c1-14-6-7-18-24(3,4)19(28)8-9-25(18,5)17(14)12-26-20(29)11-16(22(31)23(26)33-26)13-32-21(30)10-15(2)27/h11,15,17-19,23,27-28H,1,6-10,12-13H2,2-5H3. The van der Waals surface area contributed by atoms with Crippen LogP contribution in [0.25, 0.3) is 0 Å². The third-order valence-electron chi connectivity index (χ3n) is 8.88. The molecule has 1 aliphatic heterocycles. The summed E-state index contributed by atoms with van der Waals surface area (Å²) in [5, 5.41) is 19.9. The van der Waals surface area contributed by atoms with Gasteiger partial charge in [0.1, 0.15) is 6.61 Å². The van der Waals surface area contributed by atoms with Crippen molar-refractivity contribution >= 4 is 17.5 Å². The summed E-state index contributed by atoms with van der Waals surface area (Å²) in [6, 6.07) is 0. The maximum Gasteiger partial charge on any atom is 0.308 e. The van der Waals surface area contributed by atoms with Crippen LogP contribution in [0.2, 0.25) is 0 Å². The molecule has 7 atom stereocenters. The fraction of sp³-hybridized carbons (Fsp3) is 0.731. The van der Waals surface area contributed by atoms with Crippen LogP contribution in [0.5, 0.6) is 0 Å². The topological polar surface area (TPSA) is 113 Å². The Morgan fingerprint density at radius 3 is 2.67 bits per heavy atom. The molecule has 0 bridgehead atoms. The lowest BCUT2D eigenvalue weighted by Crippen LogP contribution is -2.55. The Hall–Kier alpha value is -1.83. The Morgan fingerprint density at radius 2 is 2.00 bits per heavy atom. The number of hydrogen-bond acceptors (Lipinski definition) is 7. The number of esters is 1. The van der Waals surface area contributed by atoms with Gasteiger partial charge >= 0.3 is 5.97 Å². The number of carbonyl (C=O) groups is 3. The largest absolute Gasteiger partial charge is 0.461 e. The van der Waals surface area contributed by atoms with E-state index >= 15 is 0 Å². The molecule has 1 heterocycles. The van der Waals surface area contributed by atoms with Crippen LogP contribution in [0.15, 0.2) is 23.8 Å². The molecule has 2 saturated carbocycles. The van der Waals surface area contributed by atoms with Crippen LogP contribution in [0.4, 0.5) is 0 Å². The first kappa shape index (κ1) is 24.3. The summed E-state index contributed by atoms with van der Waals surface area (Å²) in [6.45, 7) is 12.0. The number of epoxide rings is 1. The molecule has 7 heteroatoms. The average molecular weight is 461 g/mol. The number of carbonyl (C=O) groups excluding carboxylic acids is 3.